The average Bonchev–Trinajstić information content (AvgIpc) is 2.53. The van der Waals surface area contributed by atoms with Gasteiger partial charge in [0.05, 0.1) is 11.6 Å². The highest BCUT2D eigenvalue weighted by Crippen LogP contribution is 2.11. The molecule has 0 spiro atoms. The second kappa shape index (κ2) is 9.30. The van der Waals surface area contributed by atoms with Gasteiger partial charge >= 0.3 is 5.97 Å². The van der Waals surface area contributed by atoms with E-state index in [2.05, 4.69) is 10.6 Å². The Balaban J connectivity index is 2.49. The van der Waals surface area contributed by atoms with Crippen LogP contribution in [0.1, 0.15) is 37.6 Å². The standard InChI is InChI=1S/C17H21N3O4/c1-11(2)12(3)19-16(22)10-24-17(23)13-4-6-14(7-5-13)20-15(21)8-9-18/h4-7,11-12H,8,10H2,1-3H3,(H,19,22)(H,20,21). The van der Waals surface area contributed by atoms with Gasteiger partial charge < -0.3 is 15.4 Å². The summed E-state index contributed by atoms with van der Waals surface area (Å²) in [5, 5.41) is 13.7. The van der Waals surface area contributed by atoms with E-state index in [0.717, 1.165) is 0 Å². The largest absolute Gasteiger partial charge is 0.452 e. The van der Waals surface area contributed by atoms with E-state index >= 15 is 0 Å². The van der Waals surface area contributed by atoms with Crippen LogP contribution in [0.3, 0.4) is 0 Å². The van der Waals surface area contributed by atoms with Crippen molar-refractivity contribution in [2.75, 3.05) is 11.9 Å². The Morgan fingerprint density at radius 1 is 1.12 bits per heavy atom. The van der Waals surface area contributed by atoms with E-state index in [4.69, 9.17) is 10.00 Å². The number of benzene rings is 1. The summed E-state index contributed by atoms with van der Waals surface area (Å²) in [6.45, 7) is 5.49. The number of nitrogens with zero attached hydrogens (tertiary/aromatic N) is 1. The summed E-state index contributed by atoms with van der Waals surface area (Å²) in [7, 11) is 0. The Hall–Kier alpha value is -2.88. The van der Waals surface area contributed by atoms with E-state index in [-0.39, 0.29) is 36.5 Å². The molecule has 1 rings (SSSR count). The first-order valence-corrected chi connectivity index (χ1v) is 7.56. The van der Waals surface area contributed by atoms with Gasteiger partial charge in [-0.15, -0.1) is 0 Å². The lowest BCUT2D eigenvalue weighted by atomic mass is 10.1. The van der Waals surface area contributed by atoms with Gasteiger partial charge in [0.15, 0.2) is 6.61 Å². The predicted octanol–water partition coefficient (Wildman–Crippen LogP) is 1.86. The first-order valence-electron chi connectivity index (χ1n) is 7.56. The molecule has 0 aliphatic carbocycles. The molecule has 0 radical (unpaired) electrons. The number of nitrogens with one attached hydrogen (secondary N) is 2. The quantitative estimate of drug-likeness (QED) is 0.741. The van der Waals surface area contributed by atoms with Crippen molar-refractivity contribution in [3.05, 3.63) is 29.8 Å². The summed E-state index contributed by atoms with van der Waals surface area (Å²) in [5.74, 6) is -1.13. The number of hydrogen-bond donors (Lipinski definition) is 2. The molecule has 1 atom stereocenters. The molecule has 1 aromatic carbocycles. The Kier molecular flexibility index (Phi) is 7.43. The average molecular weight is 331 g/mol. The van der Waals surface area contributed by atoms with Crippen LogP contribution in [0.25, 0.3) is 0 Å². The molecule has 7 heteroatoms. The van der Waals surface area contributed by atoms with Gasteiger partial charge in [-0.2, -0.15) is 5.26 Å². The molecule has 0 fully saturated rings. The van der Waals surface area contributed by atoms with E-state index in [1.54, 1.807) is 6.07 Å². The van der Waals surface area contributed by atoms with Gasteiger partial charge in [-0.1, -0.05) is 13.8 Å². The van der Waals surface area contributed by atoms with Crippen molar-refractivity contribution >= 4 is 23.5 Å². The van der Waals surface area contributed by atoms with Crippen LogP contribution in [-0.2, 0) is 14.3 Å². The third kappa shape index (κ3) is 6.48. The lowest BCUT2D eigenvalue weighted by Crippen LogP contribution is -2.38. The van der Waals surface area contributed by atoms with E-state index < -0.39 is 11.9 Å². The highest BCUT2D eigenvalue weighted by Gasteiger charge is 2.14. The van der Waals surface area contributed by atoms with Gasteiger partial charge in [0, 0.05) is 11.7 Å². The molecule has 24 heavy (non-hydrogen) atoms. The number of carbonyl (C=O) groups is 3. The molecule has 1 unspecified atom stereocenters. The van der Waals surface area contributed by atoms with Crippen LogP contribution in [0, 0.1) is 17.2 Å². The maximum Gasteiger partial charge on any atom is 0.338 e. The maximum absolute atomic E-state index is 11.9. The van der Waals surface area contributed by atoms with Crippen LogP contribution < -0.4 is 10.6 Å². The fraction of sp³-hybridized carbons (Fsp3) is 0.412. The molecule has 0 heterocycles. The smallest absolute Gasteiger partial charge is 0.338 e. The number of rotatable bonds is 7. The number of anilines is 1. The molecular formula is C17H21N3O4. The van der Waals surface area contributed by atoms with E-state index in [0.29, 0.717) is 5.69 Å². The highest BCUT2D eigenvalue weighted by molar-refractivity contribution is 5.94. The Labute approximate surface area is 141 Å². The minimum atomic E-state index is -0.628. The van der Waals surface area contributed by atoms with Gasteiger partial charge in [0.1, 0.15) is 6.42 Å². The molecule has 0 saturated carbocycles. The van der Waals surface area contributed by atoms with Gasteiger partial charge in [-0.3, -0.25) is 9.59 Å². The zero-order valence-corrected chi connectivity index (χ0v) is 14.0. The summed E-state index contributed by atoms with van der Waals surface area (Å²) >= 11 is 0. The number of nitriles is 1. The molecule has 128 valence electrons. The molecule has 0 saturated heterocycles. The van der Waals surface area contributed by atoms with Crippen LogP contribution >= 0.6 is 0 Å². The van der Waals surface area contributed by atoms with Crippen LogP contribution in [0.5, 0.6) is 0 Å². The minimum absolute atomic E-state index is 0.00694. The third-order valence-corrected chi connectivity index (χ3v) is 3.37. The molecule has 0 aliphatic rings. The first kappa shape index (κ1) is 19.2. The molecule has 0 aliphatic heterocycles. The summed E-state index contributed by atoms with van der Waals surface area (Å²) in [6, 6.07) is 7.72. The normalized spacial score (nSPS) is 11.3. The van der Waals surface area contributed by atoms with Gasteiger partial charge in [-0.05, 0) is 37.1 Å². The molecule has 0 bridgehead atoms. The number of esters is 1. The van der Waals surface area contributed by atoms with Crippen molar-refractivity contribution in [3.8, 4) is 6.07 Å². The van der Waals surface area contributed by atoms with Gasteiger partial charge in [0.2, 0.25) is 5.91 Å². The minimum Gasteiger partial charge on any atom is -0.452 e. The zero-order valence-electron chi connectivity index (χ0n) is 14.0. The monoisotopic (exact) mass is 331 g/mol. The summed E-state index contributed by atoms with van der Waals surface area (Å²) in [5.41, 5.74) is 0.730. The molecule has 0 aromatic heterocycles. The zero-order chi connectivity index (χ0) is 18.1. The number of amides is 2. The first-order chi connectivity index (χ1) is 11.3. The van der Waals surface area contributed by atoms with Gasteiger partial charge in [0.25, 0.3) is 5.91 Å². The molecule has 1 aromatic rings. The fourth-order valence-electron chi connectivity index (χ4n) is 1.64. The third-order valence-electron chi connectivity index (χ3n) is 3.37. The van der Waals surface area contributed by atoms with Crippen molar-refractivity contribution in [2.45, 2.75) is 33.2 Å². The second-order valence-electron chi connectivity index (χ2n) is 5.64. The predicted molar refractivity (Wildman–Crippen MR) is 88.0 cm³/mol. The second-order valence-corrected chi connectivity index (χ2v) is 5.64. The van der Waals surface area contributed by atoms with Crippen LogP contribution in [0.15, 0.2) is 24.3 Å². The van der Waals surface area contributed by atoms with Gasteiger partial charge in [-0.25, -0.2) is 4.79 Å². The summed E-state index contributed by atoms with van der Waals surface area (Å²) < 4.78 is 4.95. The molecular weight excluding hydrogens is 310 g/mol. The molecule has 2 amide bonds. The molecule has 7 nitrogen and oxygen atoms in total. The fourth-order valence-corrected chi connectivity index (χ4v) is 1.64. The molecule has 2 N–H and O–H groups in total. The SMILES string of the molecule is CC(C)C(C)NC(=O)COC(=O)c1ccc(NC(=O)CC#N)cc1. The number of hydrogen-bond acceptors (Lipinski definition) is 5. The van der Waals surface area contributed by atoms with E-state index in [1.807, 2.05) is 20.8 Å². The summed E-state index contributed by atoms with van der Waals surface area (Å²) in [4.78, 5) is 34.8. The van der Waals surface area contributed by atoms with Crippen molar-refractivity contribution in [1.82, 2.24) is 5.32 Å². The highest BCUT2D eigenvalue weighted by atomic mass is 16.5. The Morgan fingerprint density at radius 3 is 2.29 bits per heavy atom. The summed E-state index contributed by atoms with van der Waals surface area (Å²) in [6.07, 6.45) is -0.242. The van der Waals surface area contributed by atoms with Crippen molar-refractivity contribution in [3.63, 3.8) is 0 Å². The number of ether oxygens (including phenoxy) is 1. The lowest BCUT2D eigenvalue weighted by molar-refractivity contribution is -0.125. The number of carbonyl (C=O) groups excluding carboxylic acids is 3. The van der Waals surface area contributed by atoms with E-state index in [1.165, 1.54) is 24.3 Å². The van der Waals surface area contributed by atoms with E-state index in [9.17, 15) is 14.4 Å². The lowest BCUT2D eigenvalue weighted by Gasteiger charge is -2.17. The van der Waals surface area contributed by atoms with Crippen LogP contribution in [-0.4, -0.2) is 30.4 Å². The van der Waals surface area contributed by atoms with Crippen molar-refractivity contribution in [1.29, 1.82) is 5.26 Å². The van der Waals surface area contributed by atoms with Crippen LogP contribution in [0.2, 0.25) is 0 Å². The maximum atomic E-state index is 11.9. The Morgan fingerprint density at radius 2 is 1.75 bits per heavy atom. The van der Waals surface area contributed by atoms with Crippen LogP contribution in [0.4, 0.5) is 5.69 Å². The van der Waals surface area contributed by atoms with Crippen molar-refractivity contribution < 1.29 is 19.1 Å². The Bertz CT molecular complexity index is 632. The van der Waals surface area contributed by atoms with Crippen molar-refractivity contribution in [2.24, 2.45) is 5.92 Å². The topological polar surface area (TPSA) is 108 Å².